The summed E-state index contributed by atoms with van der Waals surface area (Å²) in [6, 6.07) is 18.7. The first kappa shape index (κ1) is 18.4. The molecule has 7 nitrogen and oxygen atoms in total. The van der Waals surface area contributed by atoms with Crippen molar-refractivity contribution in [2.75, 3.05) is 0 Å². The zero-order valence-corrected chi connectivity index (χ0v) is 13.0. The Morgan fingerprint density at radius 2 is 1.46 bits per heavy atom. The van der Waals surface area contributed by atoms with Gasteiger partial charge in [0.25, 0.3) is 5.91 Å². The molecule has 2 aromatic rings. The van der Waals surface area contributed by atoms with Crippen LogP contribution in [0.5, 0.6) is 0 Å². The Labute approximate surface area is 140 Å². The summed E-state index contributed by atoms with van der Waals surface area (Å²) >= 11 is 0. The normalized spacial score (nSPS) is 10.6. The number of carbonyl (C=O) groups excluding carboxylic acids is 1. The minimum Gasteiger partial charge on any atom is -0.370 e. The van der Waals surface area contributed by atoms with E-state index >= 15 is 0 Å². The second-order valence-electron chi connectivity index (χ2n) is 4.52. The number of amides is 1. The summed E-state index contributed by atoms with van der Waals surface area (Å²) in [5.41, 5.74) is 16.2. The molecule has 24 heavy (non-hydrogen) atoms. The van der Waals surface area contributed by atoms with Crippen LogP contribution in [-0.4, -0.2) is 17.8 Å². The standard InChI is InChI=1S/C16H15N3O.CH5N3/c17-16(18-14-9-5-2-6-10-14)19-15(20)12-11-13-7-3-1-4-8-13;2-1(3)4/h1-12H,(H3,17,18,19,20);(H5,2,3,4). The van der Waals surface area contributed by atoms with E-state index in [1.807, 2.05) is 48.5 Å². The first-order valence-electron chi connectivity index (χ1n) is 7.00. The molecule has 0 aromatic heterocycles. The van der Waals surface area contributed by atoms with Crippen LogP contribution in [0.15, 0.2) is 71.7 Å². The molecule has 7 heteroatoms. The monoisotopic (exact) mass is 324 g/mol. The molecule has 0 unspecified atom stereocenters. The largest absolute Gasteiger partial charge is 0.370 e. The molecular formula is C17H20N6O. The molecule has 0 heterocycles. The number of nitrogens with one attached hydrogen (secondary N) is 2. The lowest BCUT2D eigenvalue weighted by Crippen LogP contribution is -2.35. The van der Waals surface area contributed by atoms with E-state index in [4.69, 9.17) is 11.1 Å². The Bertz CT molecular complexity index is 706. The molecule has 2 aromatic carbocycles. The Morgan fingerprint density at radius 1 is 0.958 bits per heavy atom. The topological polar surface area (TPSA) is 143 Å². The number of nitrogens with zero attached hydrogens (tertiary/aromatic N) is 1. The van der Waals surface area contributed by atoms with Gasteiger partial charge in [-0.2, -0.15) is 0 Å². The van der Waals surface area contributed by atoms with E-state index in [0.29, 0.717) is 5.69 Å². The van der Waals surface area contributed by atoms with Gasteiger partial charge in [-0.1, -0.05) is 48.5 Å². The van der Waals surface area contributed by atoms with Gasteiger partial charge in [0.05, 0.1) is 5.69 Å². The number of nitrogens with two attached hydrogens (primary N) is 3. The molecular weight excluding hydrogens is 304 g/mol. The molecule has 2 rings (SSSR count). The van der Waals surface area contributed by atoms with Crippen LogP contribution in [0.25, 0.3) is 6.08 Å². The number of carbonyl (C=O) groups is 1. The minimum atomic E-state index is -0.333. The molecule has 0 saturated carbocycles. The van der Waals surface area contributed by atoms with Gasteiger partial charge >= 0.3 is 0 Å². The molecule has 1 amide bonds. The van der Waals surface area contributed by atoms with Gasteiger partial charge < -0.3 is 17.2 Å². The number of hydrogen-bond acceptors (Lipinski definition) is 3. The second-order valence-corrected chi connectivity index (χ2v) is 4.52. The Hall–Kier alpha value is -3.61. The van der Waals surface area contributed by atoms with Crippen molar-refractivity contribution in [2.24, 2.45) is 22.2 Å². The smallest absolute Gasteiger partial charge is 0.250 e. The van der Waals surface area contributed by atoms with Crippen molar-refractivity contribution < 1.29 is 4.79 Å². The van der Waals surface area contributed by atoms with Gasteiger partial charge in [-0.05, 0) is 23.8 Å². The van der Waals surface area contributed by atoms with Crippen LogP contribution in [0.4, 0.5) is 5.69 Å². The zero-order chi connectivity index (χ0) is 17.8. The summed E-state index contributed by atoms with van der Waals surface area (Å²) in [5, 5.41) is 8.56. The molecule has 0 bridgehead atoms. The molecule has 0 aliphatic rings. The average Bonchev–Trinajstić information content (AvgIpc) is 2.54. The van der Waals surface area contributed by atoms with Crippen molar-refractivity contribution >= 4 is 29.6 Å². The SMILES string of the molecule is N=C(N)N.NC(=Nc1ccccc1)NC(=O)C=Cc1ccccc1. The van der Waals surface area contributed by atoms with E-state index in [0.717, 1.165) is 5.56 Å². The highest BCUT2D eigenvalue weighted by atomic mass is 16.1. The third-order valence-corrected chi connectivity index (χ3v) is 2.48. The molecule has 8 N–H and O–H groups in total. The number of aliphatic imine (C=N–C) groups is 1. The number of para-hydroxylation sites is 1. The van der Waals surface area contributed by atoms with Crippen LogP contribution in [-0.2, 0) is 4.79 Å². The predicted octanol–water partition coefficient (Wildman–Crippen LogP) is 1.30. The molecule has 0 spiro atoms. The van der Waals surface area contributed by atoms with Crippen molar-refractivity contribution in [2.45, 2.75) is 0 Å². The van der Waals surface area contributed by atoms with E-state index in [2.05, 4.69) is 21.8 Å². The number of hydrogen-bond donors (Lipinski definition) is 5. The van der Waals surface area contributed by atoms with Crippen LogP contribution in [0.2, 0.25) is 0 Å². The van der Waals surface area contributed by atoms with Crippen molar-refractivity contribution in [3.63, 3.8) is 0 Å². The predicted molar refractivity (Wildman–Crippen MR) is 97.4 cm³/mol. The summed E-state index contributed by atoms with van der Waals surface area (Å²) in [6.45, 7) is 0. The minimum absolute atomic E-state index is 0.0684. The highest BCUT2D eigenvalue weighted by Gasteiger charge is 1.98. The number of rotatable bonds is 3. The first-order chi connectivity index (χ1) is 11.5. The Balaban J connectivity index is 0.000000648. The zero-order valence-electron chi connectivity index (χ0n) is 13.0. The van der Waals surface area contributed by atoms with Crippen molar-refractivity contribution in [3.8, 4) is 0 Å². The maximum absolute atomic E-state index is 11.7. The van der Waals surface area contributed by atoms with Crippen LogP contribution < -0.4 is 22.5 Å². The van der Waals surface area contributed by atoms with Gasteiger partial charge in [-0.15, -0.1) is 0 Å². The van der Waals surface area contributed by atoms with Crippen LogP contribution in [0.3, 0.4) is 0 Å². The highest BCUT2D eigenvalue weighted by Crippen LogP contribution is 2.08. The van der Waals surface area contributed by atoms with Crippen LogP contribution >= 0.6 is 0 Å². The van der Waals surface area contributed by atoms with E-state index in [1.165, 1.54) is 6.08 Å². The molecule has 0 atom stereocenters. The van der Waals surface area contributed by atoms with Gasteiger partial charge in [0, 0.05) is 6.08 Å². The van der Waals surface area contributed by atoms with Gasteiger partial charge in [0.2, 0.25) is 5.96 Å². The number of benzene rings is 2. The summed E-state index contributed by atoms with van der Waals surface area (Å²) in [5.74, 6) is -0.579. The Morgan fingerprint density at radius 3 is 2.00 bits per heavy atom. The highest BCUT2D eigenvalue weighted by molar-refractivity contribution is 6.04. The van der Waals surface area contributed by atoms with Crippen molar-refractivity contribution in [1.82, 2.24) is 5.32 Å². The molecule has 0 aliphatic carbocycles. The quantitative estimate of drug-likeness (QED) is 0.329. The molecule has 0 aliphatic heterocycles. The van der Waals surface area contributed by atoms with Gasteiger partial charge in [0.15, 0.2) is 5.96 Å². The number of guanidine groups is 2. The fourth-order valence-electron chi connectivity index (χ4n) is 1.57. The third-order valence-electron chi connectivity index (χ3n) is 2.48. The summed E-state index contributed by atoms with van der Waals surface area (Å²) in [6.07, 6.45) is 3.13. The fraction of sp³-hybridized carbons (Fsp3) is 0. The lowest BCUT2D eigenvalue weighted by Gasteiger charge is -2.01. The third kappa shape index (κ3) is 8.63. The van der Waals surface area contributed by atoms with E-state index in [1.54, 1.807) is 18.2 Å². The maximum atomic E-state index is 11.7. The van der Waals surface area contributed by atoms with Crippen LogP contribution in [0, 0.1) is 5.41 Å². The molecule has 0 fully saturated rings. The van der Waals surface area contributed by atoms with Gasteiger partial charge in [-0.25, -0.2) is 4.99 Å². The lowest BCUT2D eigenvalue weighted by molar-refractivity contribution is -0.115. The van der Waals surface area contributed by atoms with Gasteiger partial charge in [0.1, 0.15) is 0 Å². The summed E-state index contributed by atoms with van der Waals surface area (Å²) < 4.78 is 0. The van der Waals surface area contributed by atoms with Crippen molar-refractivity contribution in [1.29, 1.82) is 5.41 Å². The van der Waals surface area contributed by atoms with E-state index in [-0.39, 0.29) is 17.8 Å². The van der Waals surface area contributed by atoms with Crippen LogP contribution in [0.1, 0.15) is 5.56 Å². The van der Waals surface area contributed by atoms with Crippen molar-refractivity contribution in [3.05, 3.63) is 72.3 Å². The summed E-state index contributed by atoms with van der Waals surface area (Å²) in [7, 11) is 0. The average molecular weight is 324 g/mol. The molecule has 124 valence electrons. The maximum Gasteiger partial charge on any atom is 0.250 e. The molecule has 0 radical (unpaired) electrons. The first-order valence-corrected chi connectivity index (χ1v) is 7.00. The molecule has 0 saturated heterocycles. The van der Waals surface area contributed by atoms with E-state index < -0.39 is 0 Å². The summed E-state index contributed by atoms with van der Waals surface area (Å²) in [4.78, 5) is 15.7. The second kappa shape index (κ2) is 10.2. The van der Waals surface area contributed by atoms with Gasteiger partial charge in [-0.3, -0.25) is 15.5 Å². The lowest BCUT2D eigenvalue weighted by atomic mass is 10.2. The fourth-order valence-corrected chi connectivity index (χ4v) is 1.57. The van der Waals surface area contributed by atoms with E-state index in [9.17, 15) is 4.79 Å². The Kier molecular flexibility index (Phi) is 7.82.